The van der Waals surface area contributed by atoms with Crippen LogP contribution in [0.2, 0.25) is 0 Å². The van der Waals surface area contributed by atoms with E-state index in [9.17, 15) is 9.59 Å². The molecule has 0 bridgehead atoms. The van der Waals surface area contributed by atoms with Gasteiger partial charge in [-0.2, -0.15) is 0 Å². The second-order valence-electron chi connectivity index (χ2n) is 4.22. The van der Waals surface area contributed by atoms with E-state index in [1.807, 2.05) is 18.2 Å². The van der Waals surface area contributed by atoms with Crippen LogP contribution < -0.4 is 0 Å². The Morgan fingerprint density at radius 2 is 2.00 bits per heavy atom. The summed E-state index contributed by atoms with van der Waals surface area (Å²) in [7, 11) is 0. The van der Waals surface area contributed by atoms with Gasteiger partial charge >= 0.3 is 5.97 Å². The van der Waals surface area contributed by atoms with Crippen LogP contribution in [0.15, 0.2) is 24.3 Å². The molecular formula is C13H14O3. The molecule has 1 N–H and O–H groups in total. The van der Waals surface area contributed by atoms with Gasteiger partial charge in [-0.1, -0.05) is 18.2 Å². The monoisotopic (exact) mass is 218 g/mol. The molecule has 0 heterocycles. The molecule has 1 aliphatic rings. The number of carbonyl (C=O) groups is 2. The highest BCUT2D eigenvalue weighted by molar-refractivity contribution is 5.97. The van der Waals surface area contributed by atoms with Gasteiger partial charge in [-0.3, -0.25) is 9.59 Å². The number of benzene rings is 1. The zero-order valence-electron chi connectivity index (χ0n) is 8.98. The fourth-order valence-electron chi connectivity index (χ4n) is 1.75. The summed E-state index contributed by atoms with van der Waals surface area (Å²) >= 11 is 0. The average Bonchev–Trinajstić information content (AvgIpc) is 3.10. The first-order valence-electron chi connectivity index (χ1n) is 5.52. The molecule has 1 fully saturated rings. The number of carbonyl (C=O) groups excluding carboxylic acids is 1. The summed E-state index contributed by atoms with van der Waals surface area (Å²) in [5, 5.41) is 8.51. The molecule has 0 atom stereocenters. The molecule has 16 heavy (non-hydrogen) atoms. The quantitative estimate of drug-likeness (QED) is 0.773. The van der Waals surface area contributed by atoms with Crippen molar-refractivity contribution in [1.82, 2.24) is 0 Å². The first-order chi connectivity index (χ1) is 7.66. The largest absolute Gasteiger partial charge is 0.481 e. The number of Topliss-reactive ketones (excluding diaryl/α,β-unsaturated/α-hetero) is 1. The minimum Gasteiger partial charge on any atom is -0.481 e. The van der Waals surface area contributed by atoms with E-state index in [2.05, 4.69) is 0 Å². The number of hydrogen-bond donors (Lipinski definition) is 1. The van der Waals surface area contributed by atoms with Crippen LogP contribution in [-0.2, 0) is 4.79 Å². The Morgan fingerprint density at radius 1 is 1.25 bits per heavy atom. The Kier molecular flexibility index (Phi) is 3.04. The molecule has 1 saturated carbocycles. The number of hydrogen-bond acceptors (Lipinski definition) is 2. The van der Waals surface area contributed by atoms with E-state index in [-0.39, 0.29) is 18.6 Å². The number of aliphatic carboxylic acids is 1. The van der Waals surface area contributed by atoms with Crippen LogP contribution >= 0.6 is 0 Å². The molecule has 0 aromatic heterocycles. The van der Waals surface area contributed by atoms with Crippen molar-refractivity contribution in [3.05, 3.63) is 35.4 Å². The number of carboxylic acids is 1. The van der Waals surface area contributed by atoms with E-state index in [0.717, 1.165) is 0 Å². The van der Waals surface area contributed by atoms with Crippen LogP contribution in [0.3, 0.4) is 0 Å². The van der Waals surface area contributed by atoms with Crippen molar-refractivity contribution >= 4 is 11.8 Å². The van der Waals surface area contributed by atoms with Gasteiger partial charge in [-0.05, 0) is 30.4 Å². The Hall–Kier alpha value is -1.64. The van der Waals surface area contributed by atoms with E-state index in [1.165, 1.54) is 18.4 Å². The molecule has 0 radical (unpaired) electrons. The van der Waals surface area contributed by atoms with Gasteiger partial charge in [0.15, 0.2) is 5.78 Å². The third kappa shape index (κ3) is 2.69. The van der Waals surface area contributed by atoms with Crippen molar-refractivity contribution in [3.8, 4) is 0 Å². The van der Waals surface area contributed by atoms with Crippen LogP contribution in [0.4, 0.5) is 0 Å². The second-order valence-corrected chi connectivity index (χ2v) is 4.22. The van der Waals surface area contributed by atoms with Gasteiger partial charge in [-0.25, -0.2) is 0 Å². The summed E-state index contributed by atoms with van der Waals surface area (Å²) in [4.78, 5) is 22.0. The summed E-state index contributed by atoms with van der Waals surface area (Å²) in [6.45, 7) is 0. The van der Waals surface area contributed by atoms with Crippen molar-refractivity contribution in [2.45, 2.75) is 31.6 Å². The molecule has 0 unspecified atom stereocenters. The molecule has 0 spiro atoms. The van der Waals surface area contributed by atoms with E-state index in [1.54, 1.807) is 6.07 Å². The van der Waals surface area contributed by atoms with Crippen LogP contribution in [0.1, 0.15) is 47.5 Å². The highest BCUT2D eigenvalue weighted by Crippen LogP contribution is 2.40. The minimum atomic E-state index is -0.924. The highest BCUT2D eigenvalue weighted by Gasteiger charge is 2.23. The molecule has 1 aromatic rings. The Labute approximate surface area is 94.1 Å². The van der Waals surface area contributed by atoms with Gasteiger partial charge in [-0.15, -0.1) is 0 Å². The third-order valence-corrected chi connectivity index (χ3v) is 2.82. The molecule has 0 saturated heterocycles. The first-order valence-corrected chi connectivity index (χ1v) is 5.52. The highest BCUT2D eigenvalue weighted by atomic mass is 16.4. The molecule has 3 nitrogen and oxygen atoms in total. The van der Waals surface area contributed by atoms with Gasteiger partial charge in [0.25, 0.3) is 0 Å². The summed E-state index contributed by atoms with van der Waals surface area (Å²) in [6, 6.07) is 7.57. The van der Waals surface area contributed by atoms with E-state index in [4.69, 9.17) is 5.11 Å². The van der Waals surface area contributed by atoms with Crippen LogP contribution in [0.25, 0.3) is 0 Å². The van der Waals surface area contributed by atoms with Crippen LogP contribution in [0.5, 0.6) is 0 Å². The fraction of sp³-hybridized carbons (Fsp3) is 0.385. The summed E-state index contributed by atoms with van der Waals surface area (Å²) < 4.78 is 0. The molecular weight excluding hydrogens is 204 g/mol. The second kappa shape index (κ2) is 4.47. The van der Waals surface area contributed by atoms with Crippen molar-refractivity contribution in [2.75, 3.05) is 0 Å². The summed E-state index contributed by atoms with van der Waals surface area (Å²) in [5.41, 5.74) is 1.85. The maximum atomic E-state index is 11.7. The Morgan fingerprint density at radius 3 is 2.62 bits per heavy atom. The smallest absolute Gasteiger partial charge is 0.303 e. The number of rotatable bonds is 5. The topological polar surface area (TPSA) is 54.4 Å². The van der Waals surface area contributed by atoms with Gasteiger partial charge < -0.3 is 5.11 Å². The van der Waals surface area contributed by atoms with Crippen molar-refractivity contribution in [2.24, 2.45) is 0 Å². The normalized spacial score (nSPS) is 14.8. The maximum absolute atomic E-state index is 11.7. The van der Waals surface area contributed by atoms with Gasteiger partial charge in [0.05, 0.1) is 6.42 Å². The van der Waals surface area contributed by atoms with Gasteiger partial charge in [0.1, 0.15) is 0 Å². The molecule has 0 aliphatic heterocycles. The Balaban J connectivity index is 2.04. The van der Waals surface area contributed by atoms with Crippen molar-refractivity contribution in [3.63, 3.8) is 0 Å². The lowest BCUT2D eigenvalue weighted by atomic mass is 10.0. The predicted octanol–water partition coefficient (Wildman–Crippen LogP) is 2.61. The predicted molar refractivity (Wildman–Crippen MR) is 59.6 cm³/mol. The van der Waals surface area contributed by atoms with Crippen molar-refractivity contribution in [1.29, 1.82) is 0 Å². The van der Waals surface area contributed by atoms with E-state index in [0.29, 0.717) is 11.5 Å². The van der Waals surface area contributed by atoms with E-state index < -0.39 is 5.97 Å². The summed E-state index contributed by atoms with van der Waals surface area (Å²) in [6.07, 6.45) is 2.40. The lowest BCUT2D eigenvalue weighted by Gasteiger charge is -2.02. The SMILES string of the molecule is O=C(O)CCC(=O)c1cccc(C2CC2)c1. The summed E-state index contributed by atoms with van der Waals surface area (Å²) in [5.74, 6) is -0.385. The van der Waals surface area contributed by atoms with Gasteiger partial charge in [0, 0.05) is 12.0 Å². The fourth-order valence-corrected chi connectivity index (χ4v) is 1.75. The molecule has 3 heteroatoms. The number of carboxylic acid groups (broad SMARTS) is 1. The van der Waals surface area contributed by atoms with Gasteiger partial charge in [0.2, 0.25) is 0 Å². The zero-order chi connectivity index (χ0) is 11.5. The van der Waals surface area contributed by atoms with Crippen LogP contribution in [-0.4, -0.2) is 16.9 Å². The number of ketones is 1. The lowest BCUT2D eigenvalue weighted by molar-refractivity contribution is -0.136. The molecule has 2 rings (SSSR count). The third-order valence-electron chi connectivity index (χ3n) is 2.82. The molecule has 0 amide bonds. The molecule has 84 valence electrons. The molecule has 1 aliphatic carbocycles. The zero-order valence-corrected chi connectivity index (χ0v) is 8.98. The minimum absolute atomic E-state index is 0.0788. The van der Waals surface area contributed by atoms with Crippen LogP contribution in [0, 0.1) is 0 Å². The standard InChI is InChI=1S/C13H14O3/c14-12(6-7-13(15)16)11-3-1-2-10(8-11)9-4-5-9/h1-3,8-9H,4-7H2,(H,15,16). The Bertz CT molecular complexity index is 419. The van der Waals surface area contributed by atoms with Crippen molar-refractivity contribution < 1.29 is 14.7 Å². The molecule has 1 aromatic carbocycles. The maximum Gasteiger partial charge on any atom is 0.303 e. The first kappa shape index (κ1) is 10.9. The lowest BCUT2D eigenvalue weighted by Crippen LogP contribution is -2.04. The average molecular weight is 218 g/mol. The van der Waals surface area contributed by atoms with E-state index >= 15 is 0 Å².